The Bertz CT molecular complexity index is 1390. The summed E-state index contributed by atoms with van der Waals surface area (Å²) < 4.78 is 26.7. The number of carbonyl (C=O) groups excluding carboxylic acids is 3. The maximum absolute atomic E-state index is 13.8. The Hall–Kier alpha value is -1.73. The third-order valence-electron chi connectivity index (χ3n) is 12.1. The van der Waals surface area contributed by atoms with Crippen molar-refractivity contribution < 1.29 is 53.1 Å². The van der Waals surface area contributed by atoms with Gasteiger partial charge in [-0.1, -0.05) is 80.2 Å². The molecule has 0 radical (unpaired) electrons. The molecule has 268 valence electrons. The molecule has 0 aromatic carbocycles. The third kappa shape index (κ3) is 5.20. The predicted octanol–water partition coefficient (Wildman–Crippen LogP) is 5.46. The summed E-state index contributed by atoms with van der Waals surface area (Å²) in [7, 11) is 1.26. The Kier molecular flexibility index (Phi) is 10.0. The molecule has 1 saturated heterocycles. The van der Waals surface area contributed by atoms with Crippen LogP contribution in [0.25, 0.3) is 0 Å². The van der Waals surface area contributed by atoms with Gasteiger partial charge in [-0.3, -0.25) is 9.59 Å². The number of carboxylic acids is 1. The van der Waals surface area contributed by atoms with E-state index >= 15 is 0 Å². The van der Waals surface area contributed by atoms with Gasteiger partial charge in [-0.25, -0.2) is 4.79 Å². The summed E-state index contributed by atoms with van der Waals surface area (Å²) in [6.45, 7) is 11.7. The number of hydrogen-bond donors (Lipinski definition) is 2. The second-order valence-electron chi connectivity index (χ2n) is 14.8. The third-order valence-corrected chi connectivity index (χ3v) is 12.4. The molecular weight excluding hydrogens is 691 g/mol. The van der Waals surface area contributed by atoms with Crippen molar-refractivity contribution in [2.45, 2.75) is 94.3 Å². The van der Waals surface area contributed by atoms with E-state index in [1.807, 2.05) is 19.9 Å². The van der Waals surface area contributed by atoms with E-state index in [-0.39, 0.29) is 41.8 Å². The summed E-state index contributed by atoms with van der Waals surface area (Å²) in [6, 6.07) is 0. The Balaban J connectivity index is 1.59. The number of fused-ring (bicyclic) bond motifs is 2. The largest absolute Gasteiger partial charge is 0.509 e. The van der Waals surface area contributed by atoms with Crippen molar-refractivity contribution in [3.8, 4) is 0 Å². The van der Waals surface area contributed by atoms with Gasteiger partial charge in [-0.05, 0) is 68.3 Å². The second-order valence-corrected chi connectivity index (χ2v) is 17.3. The van der Waals surface area contributed by atoms with Gasteiger partial charge >= 0.3 is 12.1 Å². The monoisotopic (exact) mass is 734 g/mol. The average Bonchev–Trinajstić information content (AvgIpc) is 3.57. The zero-order valence-corrected chi connectivity index (χ0v) is 30.3. The highest BCUT2D eigenvalue weighted by molar-refractivity contribution is 6.67. The molecule has 0 spiro atoms. The molecule has 7 unspecified atom stereocenters. The Labute approximate surface area is 295 Å². The van der Waals surface area contributed by atoms with Crippen molar-refractivity contribution in [3.63, 3.8) is 0 Å². The molecular formula is C34H45Cl3O11. The Morgan fingerprint density at radius 2 is 1.83 bits per heavy atom. The van der Waals surface area contributed by atoms with Gasteiger partial charge in [-0.15, -0.1) is 0 Å². The Morgan fingerprint density at radius 3 is 2.38 bits per heavy atom. The molecule has 1 heterocycles. The number of Topliss-reactive ketones (excluding diaryl/α,β-unsaturated/α-hetero) is 1. The van der Waals surface area contributed by atoms with Crippen LogP contribution in [0, 0.1) is 45.8 Å². The number of aldehydes is 1. The van der Waals surface area contributed by atoms with Crippen LogP contribution in [0.4, 0.5) is 4.79 Å². The number of alkyl halides is 3. The van der Waals surface area contributed by atoms with Crippen molar-refractivity contribution in [1.82, 2.24) is 0 Å². The van der Waals surface area contributed by atoms with Gasteiger partial charge in [0.1, 0.15) is 24.4 Å². The van der Waals surface area contributed by atoms with Gasteiger partial charge in [0.25, 0.3) is 0 Å². The number of halogens is 3. The molecule has 0 amide bonds. The molecule has 48 heavy (non-hydrogen) atoms. The van der Waals surface area contributed by atoms with Crippen LogP contribution in [0.3, 0.4) is 0 Å². The number of hydrogen-bond acceptors (Lipinski definition) is 10. The first-order valence-electron chi connectivity index (χ1n) is 16.3. The van der Waals surface area contributed by atoms with Gasteiger partial charge in [-0.2, -0.15) is 0 Å². The minimum Gasteiger partial charge on any atom is -0.481 e. The summed E-state index contributed by atoms with van der Waals surface area (Å²) in [4.78, 5) is 53.9. The molecule has 0 aromatic rings. The van der Waals surface area contributed by atoms with Crippen LogP contribution in [0.15, 0.2) is 23.8 Å². The zero-order chi connectivity index (χ0) is 35.8. The summed E-state index contributed by atoms with van der Waals surface area (Å²) in [5, 5.41) is 23.5. The van der Waals surface area contributed by atoms with Crippen molar-refractivity contribution in [1.29, 1.82) is 0 Å². The summed E-state index contributed by atoms with van der Waals surface area (Å²) >= 11 is 17.2. The number of aliphatic carboxylic acids is 1. The first-order chi connectivity index (χ1) is 22.3. The van der Waals surface area contributed by atoms with E-state index in [1.54, 1.807) is 6.92 Å². The molecule has 4 fully saturated rings. The second kappa shape index (κ2) is 12.8. The van der Waals surface area contributed by atoms with Crippen LogP contribution in [0.1, 0.15) is 60.3 Å². The van der Waals surface area contributed by atoms with Crippen molar-refractivity contribution >= 4 is 59.0 Å². The van der Waals surface area contributed by atoms with E-state index in [1.165, 1.54) is 14.0 Å². The lowest BCUT2D eigenvalue weighted by atomic mass is 9.43. The van der Waals surface area contributed by atoms with E-state index < -0.39 is 74.8 Å². The highest BCUT2D eigenvalue weighted by Gasteiger charge is 2.84. The molecule has 5 aliphatic rings. The topological polar surface area (TPSA) is 155 Å². The summed E-state index contributed by atoms with van der Waals surface area (Å²) in [6.07, 6.45) is -1.84. The van der Waals surface area contributed by atoms with E-state index in [4.69, 9.17) is 58.5 Å². The molecule has 3 saturated carbocycles. The molecule has 12 atom stereocenters. The fourth-order valence-electron chi connectivity index (χ4n) is 10.5. The van der Waals surface area contributed by atoms with Gasteiger partial charge in [0.05, 0.1) is 18.1 Å². The molecule has 14 heteroatoms. The first-order valence-corrected chi connectivity index (χ1v) is 17.5. The van der Waals surface area contributed by atoms with E-state index in [9.17, 15) is 29.4 Å². The molecule has 2 N–H and O–H groups in total. The maximum atomic E-state index is 13.8. The maximum Gasteiger partial charge on any atom is 0.509 e. The van der Waals surface area contributed by atoms with Crippen LogP contribution in [-0.4, -0.2) is 88.7 Å². The number of ketones is 1. The number of methoxy groups -OCH3 is 1. The molecule has 4 bridgehead atoms. The predicted molar refractivity (Wildman–Crippen MR) is 174 cm³/mol. The fraction of sp³-hybridized carbons (Fsp3) is 0.765. The molecule has 1 aliphatic heterocycles. The van der Waals surface area contributed by atoms with Gasteiger partial charge in [0.15, 0.2) is 23.8 Å². The minimum atomic E-state index is -2.58. The zero-order valence-electron chi connectivity index (χ0n) is 28.0. The van der Waals surface area contributed by atoms with Crippen LogP contribution in [0.5, 0.6) is 0 Å². The first kappa shape index (κ1) is 37.5. The SMILES string of the molecule is C=C(C)C(=O)[C@]1(O)[C@H](OC(=O)OCC(Cl)(Cl)Cl)[C@H](OCC23CC4C(C)CCC4C4(C=O)CC2C=C(C(C)C)C43C(=O)O)O[C@H](C)[C@H]1OC. The number of rotatable bonds is 11. The van der Waals surface area contributed by atoms with Crippen LogP contribution in [0.2, 0.25) is 0 Å². The number of carbonyl (C=O) groups is 4. The quantitative estimate of drug-likeness (QED) is 0.0915. The highest BCUT2D eigenvalue weighted by Crippen LogP contribution is 2.82. The lowest BCUT2D eigenvalue weighted by Crippen LogP contribution is -2.71. The summed E-state index contributed by atoms with van der Waals surface area (Å²) in [5.41, 5.74) is -5.74. The number of allylic oxidation sites excluding steroid dienone is 1. The lowest BCUT2D eigenvalue weighted by molar-refractivity contribution is -0.327. The number of carboxylic acid groups (broad SMARTS) is 1. The normalized spacial score (nSPS) is 43.0. The van der Waals surface area contributed by atoms with Crippen LogP contribution < -0.4 is 0 Å². The number of aliphatic hydroxyl groups is 1. The van der Waals surface area contributed by atoms with Crippen LogP contribution >= 0.6 is 34.8 Å². The van der Waals surface area contributed by atoms with Gasteiger partial charge < -0.3 is 38.7 Å². The van der Waals surface area contributed by atoms with Gasteiger partial charge in [0.2, 0.25) is 3.79 Å². The molecule has 5 rings (SSSR count). The van der Waals surface area contributed by atoms with Crippen molar-refractivity contribution in [3.05, 3.63) is 23.8 Å². The molecule has 0 aromatic heterocycles. The van der Waals surface area contributed by atoms with Crippen LogP contribution in [-0.2, 0) is 38.1 Å². The van der Waals surface area contributed by atoms with E-state index in [0.29, 0.717) is 18.4 Å². The molecule has 4 aliphatic carbocycles. The molecule has 11 nitrogen and oxygen atoms in total. The standard InChI is InChI=1S/C34H45Cl3O11/c1-16(2)23-10-20-11-30(13-38)22-9-8-18(5)21(22)12-31(20,34(23,30)28(40)41)14-45-27-26(48-29(42)46-15-32(35,36)37)33(43,24(39)17(3)4)25(44-7)19(6)47-27/h10,13,16,18-22,25-27,43H,3,8-9,11-12,14-15H2,1-2,4-7H3,(H,40,41)/t18?,19-,20?,21?,22?,25-,26-,27-,30?,31?,33-,34?/m1/s1. The lowest BCUT2D eigenvalue weighted by Gasteiger charge is -2.58. The smallest absolute Gasteiger partial charge is 0.481 e. The van der Waals surface area contributed by atoms with E-state index in [2.05, 4.69) is 13.5 Å². The summed E-state index contributed by atoms with van der Waals surface area (Å²) in [5.74, 6) is -2.23. The van der Waals surface area contributed by atoms with Crippen molar-refractivity contribution in [2.24, 2.45) is 45.8 Å². The van der Waals surface area contributed by atoms with E-state index in [0.717, 1.165) is 19.1 Å². The average molecular weight is 736 g/mol. The fourth-order valence-corrected chi connectivity index (χ4v) is 10.6. The van der Waals surface area contributed by atoms with Gasteiger partial charge in [0, 0.05) is 12.5 Å². The number of ether oxygens (including phenoxy) is 5. The minimum absolute atomic E-state index is 0.0667. The van der Waals surface area contributed by atoms with Crippen molar-refractivity contribution in [2.75, 3.05) is 20.3 Å². The highest BCUT2D eigenvalue weighted by atomic mass is 35.6. The Morgan fingerprint density at radius 1 is 1.17 bits per heavy atom.